The zero-order valence-corrected chi connectivity index (χ0v) is 17.1. The maximum absolute atomic E-state index is 13.0. The van der Waals surface area contributed by atoms with Crippen LogP contribution in [0.15, 0.2) is 48.7 Å². The highest BCUT2D eigenvalue weighted by Gasteiger charge is 2.22. The summed E-state index contributed by atoms with van der Waals surface area (Å²) in [5, 5.41) is 12.7. The number of aromatic nitrogens is 2. The molecule has 1 amide bonds. The predicted octanol–water partition coefficient (Wildman–Crippen LogP) is 4.07. The van der Waals surface area contributed by atoms with E-state index in [2.05, 4.69) is 17.2 Å². The number of fused-ring (bicyclic) bond motifs is 1. The molecule has 0 spiro atoms. The van der Waals surface area contributed by atoms with E-state index in [4.69, 9.17) is 4.74 Å². The van der Waals surface area contributed by atoms with E-state index in [0.29, 0.717) is 29.4 Å². The number of hydrogen-bond donors (Lipinski definition) is 2. The fourth-order valence-corrected chi connectivity index (χ4v) is 3.40. The maximum atomic E-state index is 13.0. The van der Waals surface area contributed by atoms with Gasteiger partial charge >= 0.3 is 0 Å². The molecular weight excluding hydrogens is 366 g/mol. The third-order valence-electron chi connectivity index (χ3n) is 4.95. The molecule has 29 heavy (non-hydrogen) atoms. The lowest BCUT2D eigenvalue weighted by molar-refractivity contribution is 0.0909. The van der Waals surface area contributed by atoms with Crippen LogP contribution in [0.3, 0.4) is 0 Å². The number of carbonyl (C=O) groups is 1. The van der Waals surface area contributed by atoms with Gasteiger partial charge in [0.15, 0.2) is 11.4 Å². The molecule has 2 N–H and O–H groups in total. The molecule has 2 aromatic heterocycles. The molecule has 0 unspecified atom stereocenters. The molecule has 2 heterocycles. The number of aliphatic hydroxyl groups is 1. The second-order valence-electron chi connectivity index (χ2n) is 7.14. The summed E-state index contributed by atoms with van der Waals surface area (Å²) in [5.74, 6) is 0.394. The smallest absolute Gasteiger partial charge is 0.270 e. The summed E-state index contributed by atoms with van der Waals surface area (Å²) in [6.07, 6.45) is 6.34. The molecule has 0 aliphatic heterocycles. The number of carbonyl (C=O) groups excluding carboxylic acids is 1. The van der Waals surface area contributed by atoms with Gasteiger partial charge in [0, 0.05) is 6.20 Å². The standard InChI is InChI=1S/C23H29N3O3/c1-3-4-5-9-15-29-20-13-10-14-26-21(17(2)24-22(20)26)23(28)25-19(16-27)18-11-7-6-8-12-18/h6-8,10-14,19,27H,3-5,9,15-16H2,1-2H3,(H,25,28)/t19-/m0/s1. The van der Waals surface area contributed by atoms with E-state index in [0.717, 1.165) is 18.4 Å². The largest absolute Gasteiger partial charge is 0.490 e. The van der Waals surface area contributed by atoms with E-state index >= 15 is 0 Å². The topological polar surface area (TPSA) is 75.9 Å². The lowest BCUT2D eigenvalue weighted by Gasteiger charge is -2.17. The van der Waals surface area contributed by atoms with Crippen LogP contribution in [0.25, 0.3) is 5.65 Å². The van der Waals surface area contributed by atoms with Crippen LogP contribution in [-0.2, 0) is 0 Å². The first-order valence-electron chi connectivity index (χ1n) is 10.2. The van der Waals surface area contributed by atoms with E-state index in [1.165, 1.54) is 12.8 Å². The van der Waals surface area contributed by atoms with Crippen molar-refractivity contribution in [3.8, 4) is 5.75 Å². The van der Waals surface area contributed by atoms with Crippen molar-refractivity contribution in [3.05, 3.63) is 65.6 Å². The Hall–Kier alpha value is -2.86. The second-order valence-corrected chi connectivity index (χ2v) is 7.14. The number of aryl methyl sites for hydroxylation is 1. The lowest BCUT2D eigenvalue weighted by atomic mass is 10.1. The van der Waals surface area contributed by atoms with E-state index in [-0.39, 0.29) is 12.5 Å². The van der Waals surface area contributed by atoms with Gasteiger partial charge in [-0.3, -0.25) is 9.20 Å². The number of ether oxygens (including phenoxy) is 1. The van der Waals surface area contributed by atoms with Crippen LogP contribution >= 0.6 is 0 Å². The minimum atomic E-state index is -0.480. The summed E-state index contributed by atoms with van der Waals surface area (Å²) in [5.41, 5.74) is 2.55. The first-order chi connectivity index (χ1) is 14.2. The number of hydrogen-bond acceptors (Lipinski definition) is 4. The molecule has 0 saturated heterocycles. The van der Waals surface area contributed by atoms with Crippen LogP contribution in [0, 0.1) is 6.92 Å². The Balaban J connectivity index is 1.79. The fourth-order valence-electron chi connectivity index (χ4n) is 3.40. The number of rotatable bonds is 10. The summed E-state index contributed by atoms with van der Waals surface area (Å²) in [4.78, 5) is 17.6. The monoisotopic (exact) mass is 395 g/mol. The highest BCUT2D eigenvalue weighted by molar-refractivity contribution is 5.95. The lowest BCUT2D eigenvalue weighted by Crippen LogP contribution is -2.32. The molecule has 0 fully saturated rings. The number of amides is 1. The molecule has 3 rings (SSSR count). The molecule has 0 aliphatic carbocycles. The van der Waals surface area contributed by atoms with Gasteiger partial charge in [-0.1, -0.05) is 56.5 Å². The minimum Gasteiger partial charge on any atom is -0.490 e. The van der Waals surface area contributed by atoms with Crippen molar-refractivity contribution in [2.45, 2.75) is 45.6 Å². The summed E-state index contributed by atoms with van der Waals surface area (Å²) in [7, 11) is 0. The second kappa shape index (κ2) is 10.1. The van der Waals surface area contributed by atoms with E-state index in [9.17, 15) is 9.90 Å². The minimum absolute atomic E-state index is 0.183. The Labute approximate surface area is 171 Å². The van der Waals surface area contributed by atoms with Crippen LogP contribution in [0.4, 0.5) is 0 Å². The molecule has 154 valence electrons. The zero-order chi connectivity index (χ0) is 20.6. The van der Waals surface area contributed by atoms with Gasteiger partial charge in [0.1, 0.15) is 5.69 Å². The third kappa shape index (κ3) is 4.95. The summed E-state index contributed by atoms with van der Waals surface area (Å²) in [6, 6.07) is 12.7. The van der Waals surface area contributed by atoms with Crippen molar-refractivity contribution in [1.82, 2.24) is 14.7 Å². The van der Waals surface area contributed by atoms with Crippen LogP contribution in [0.2, 0.25) is 0 Å². The van der Waals surface area contributed by atoms with Gasteiger partial charge in [0.05, 0.1) is 24.9 Å². The van der Waals surface area contributed by atoms with Gasteiger partial charge in [-0.2, -0.15) is 0 Å². The van der Waals surface area contributed by atoms with Crippen molar-refractivity contribution in [2.75, 3.05) is 13.2 Å². The molecular formula is C23H29N3O3. The summed E-state index contributed by atoms with van der Waals surface area (Å²) >= 11 is 0. The molecule has 3 aromatic rings. The van der Waals surface area contributed by atoms with Gasteiger partial charge in [0.25, 0.3) is 5.91 Å². The Morgan fingerprint density at radius 1 is 1.17 bits per heavy atom. The van der Waals surface area contributed by atoms with Crippen molar-refractivity contribution in [1.29, 1.82) is 0 Å². The van der Waals surface area contributed by atoms with Gasteiger partial charge in [-0.05, 0) is 31.0 Å². The Bertz CT molecular complexity index is 937. The molecule has 6 nitrogen and oxygen atoms in total. The van der Waals surface area contributed by atoms with Crippen LogP contribution in [0.1, 0.15) is 60.4 Å². The first-order valence-corrected chi connectivity index (χ1v) is 10.2. The zero-order valence-electron chi connectivity index (χ0n) is 17.1. The fraction of sp³-hybridized carbons (Fsp3) is 0.391. The molecule has 0 bridgehead atoms. The van der Waals surface area contributed by atoms with Gasteiger partial charge < -0.3 is 15.2 Å². The highest BCUT2D eigenvalue weighted by atomic mass is 16.5. The Kier molecular flexibility index (Phi) is 7.25. The summed E-state index contributed by atoms with van der Waals surface area (Å²) in [6.45, 7) is 4.44. The number of pyridine rings is 1. The van der Waals surface area contributed by atoms with E-state index in [1.807, 2.05) is 55.6 Å². The predicted molar refractivity (Wildman–Crippen MR) is 113 cm³/mol. The van der Waals surface area contributed by atoms with Crippen LogP contribution in [-0.4, -0.2) is 33.6 Å². The molecule has 6 heteroatoms. The molecule has 0 aliphatic rings. The Morgan fingerprint density at radius 3 is 2.69 bits per heavy atom. The number of aliphatic hydroxyl groups excluding tert-OH is 1. The summed E-state index contributed by atoms with van der Waals surface area (Å²) < 4.78 is 7.69. The van der Waals surface area contributed by atoms with Crippen molar-refractivity contribution < 1.29 is 14.6 Å². The van der Waals surface area contributed by atoms with Crippen molar-refractivity contribution in [2.24, 2.45) is 0 Å². The number of nitrogens with zero attached hydrogens (tertiary/aromatic N) is 2. The molecule has 1 atom stereocenters. The number of benzene rings is 1. The molecule has 0 saturated carbocycles. The quantitative estimate of drug-likeness (QED) is 0.508. The SMILES string of the molecule is CCCCCCOc1cccn2c(C(=O)N[C@@H](CO)c3ccccc3)c(C)nc12. The molecule has 1 aromatic carbocycles. The van der Waals surface area contributed by atoms with Gasteiger partial charge in [-0.25, -0.2) is 4.98 Å². The normalized spacial score (nSPS) is 12.1. The number of imidazole rings is 1. The third-order valence-corrected chi connectivity index (χ3v) is 4.95. The highest BCUT2D eigenvalue weighted by Crippen LogP contribution is 2.23. The Morgan fingerprint density at radius 2 is 1.97 bits per heavy atom. The van der Waals surface area contributed by atoms with Crippen LogP contribution < -0.4 is 10.1 Å². The van der Waals surface area contributed by atoms with Gasteiger partial charge in [0.2, 0.25) is 0 Å². The molecule has 0 radical (unpaired) electrons. The maximum Gasteiger partial charge on any atom is 0.270 e. The van der Waals surface area contributed by atoms with E-state index < -0.39 is 6.04 Å². The van der Waals surface area contributed by atoms with Crippen LogP contribution in [0.5, 0.6) is 5.75 Å². The number of nitrogens with one attached hydrogen (secondary N) is 1. The average molecular weight is 396 g/mol. The average Bonchev–Trinajstić information content (AvgIpc) is 3.09. The first kappa shape index (κ1) is 20.9. The number of unbranched alkanes of at least 4 members (excludes halogenated alkanes) is 3. The van der Waals surface area contributed by atoms with Crippen molar-refractivity contribution >= 4 is 11.6 Å². The van der Waals surface area contributed by atoms with Gasteiger partial charge in [-0.15, -0.1) is 0 Å². The van der Waals surface area contributed by atoms with Crippen molar-refractivity contribution in [3.63, 3.8) is 0 Å². The van der Waals surface area contributed by atoms with E-state index in [1.54, 1.807) is 4.40 Å².